The average Bonchev–Trinajstić information content (AvgIpc) is 2.76. The van der Waals surface area contributed by atoms with Crippen molar-refractivity contribution in [1.82, 2.24) is 15.1 Å². The Labute approximate surface area is 107 Å². The van der Waals surface area contributed by atoms with E-state index in [0.717, 1.165) is 22.4 Å². The quantitative estimate of drug-likeness (QED) is 0.896. The second-order valence-corrected chi connectivity index (χ2v) is 4.57. The topological polar surface area (TPSA) is 49.0 Å². The van der Waals surface area contributed by atoms with Gasteiger partial charge in [0.15, 0.2) is 0 Å². The molecule has 0 aliphatic rings. The van der Waals surface area contributed by atoms with E-state index in [4.69, 9.17) is 0 Å². The van der Waals surface area contributed by atoms with Crippen molar-refractivity contribution in [3.63, 3.8) is 0 Å². The molecule has 1 N–H and O–H groups in total. The van der Waals surface area contributed by atoms with Gasteiger partial charge in [-0.1, -0.05) is 24.3 Å². The van der Waals surface area contributed by atoms with E-state index < -0.39 is 0 Å². The standard InChI is InChI=1S/C14H17N3O/c1-10-13(9-15-16-10)12-6-4-11(5-7-12)8-14(18)17(2)3/h4-7,9H,8H2,1-3H3,(H,15,16). The number of hydrogen-bond acceptors (Lipinski definition) is 2. The van der Waals surface area contributed by atoms with Crippen LogP contribution in [0, 0.1) is 6.92 Å². The molecule has 2 aromatic rings. The summed E-state index contributed by atoms with van der Waals surface area (Å²) in [5.41, 5.74) is 4.29. The summed E-state index contributed by atoms with van der Waals surface area (Å²) in [6.45, 7) is 1.99. The zero-order valence-electron chi connectivity index (χ0n) is 10.9. The van der Waals surface area contributed by atoms with Crippen LogP contribution < -0.4 is 0 Å². The number of nitrogens with zero attached hydrogens (tertiary/aromatic N) is 2. The molecule has 4 nitrogen and oxygen atoms in total. The minimum Gasteiger partial charge on any atom is -0.349 e. The third-order valence-corrected chi connectivity index (χ3v) is 2.95. The highest BCUT2D eigenvalue weighted by atomic mass is 16.2. The molecule has 1 heterocycles. The van der Waals surface area contributed by atoms with Crippen LogP contribution in [0.15, 0.2) is 30.5 Å². The normalized spacial score (nSPS) is 10.4. The van der Waals surface area contributed by atoms with Crippen molar-refractivity contribution in [2.24, 2.45) is 0 Å². The highest BCUT2D eigenvalue weighted by Gasteiger charge is 2.07. The molecule has 0 spiro atoms. The molecular formula is C14H17N3O. The van der Waals surface area contributed by atoms with E-state index in [1.165, 1.54) is 0 Å². The first kappa shape index (κ1) is 12.4. The van der Waals surface area contributed by atoms with Gasteiger partial charge >= 0.3 is 0 Å². The molecule has 0 unspecified atom stereocenters. The van der Waals surface area contributed by atoms with Crippen LogP contribution in [-0.4, -0.2) is 35.1 Å². The molecule has 1 aromatic carbocycles. The molecule has 0 aliphatic heterocycles. The Morgan fingerprint density at radius 2 is 1.94 bits per heavy atom. The van der Waals surface area contributed by atoms with E-state index in [1.54, 1.807) is 19.0 Å². The molecule has 18 heavy (non-hydrogen) atoms. The summed E-state index contributed by atoms with van der Waals surface area (Å²) in [7, 11) is 3.54. The summed E-state index contributed by atoms with van der Waals surface area (Å²) >= 11 is 0. The lowest BCUT2D eigenvalue weighted by Gasteiger charge is -2.10. The van der Waals surface area contributed by atoms with Gasteiger partial charge in [0.25, 0.3) is 0 Å². The number of amides is 1. The molecular weight excluding hydrogens is 226 g/mol. The summed E-state index contributed by atoms with van der Waals surface area (Å²) in [5, 5.41) is 6.92. The fraction of sp³-hybridized carbons (Fsp3) is 0.286. The Bertz CT molecular complexity index is 540. The highest BCUT2D eigenvalue weighted by molar-refractivity contribution is 5.78. The van der Waals surface area contributed by atoms with Crippen molar-refractivity contribution in [2.75, 3.05) is 14.1 Å². The van der Waals surface area contributed by atoms with Gasteiger partial charge in [-0.3, -0.25) is 9.89 Å². The van der Waals surface area contributed by atoms with E-state index in [2.05, 4.69) is 10.2 Å². The zero-order valence-corrected chi connectivity index (χ0v) is 10.9. The van der Waals surface area contributed by atoms with Crippen LogP contribution in [0.3, 0.4) is 0 Å². The second-order valence-electron chi connectivity index (χ2n) is 4.57. The van der Waals surface area contributed by atoms with Crippen LogP contribution >= 0.6 is 0 Å². The Balaban J connectivity index is 2.16. The molecule has 0 atom stereocenters. The zero-order chi connectivity index (χ0) is 13.1. The average molecular weight is 243 g/mol. The predicted octanol–water partition coefficient (Wildman–Crippen LogP) is 2.02. The Hall–Kier alpha value is -2.10. The van der Waals surface area contributed by atoms with Crippen molar-refractivity contribution in [2.45, 2.75) is 13.3 Å². The van der Waals surface area contributed by atoms with E-state index in [9.17, 15) is 4.79 Å². The van der Waals surface area contributed by atoms with Crippen molar-refractivity contribution < 1.29 is 4.79 Å². The molecule has 4 heteroatoms. The monoisotopic (exact) mass is 243 g/mol. The van der Waals surface area contributed by atoms with Gasteiger partial charge in [0.1, 0.15) is 0 Å². The minimum absolute atomic E-state index is 0.113. The second kappa shape index (κ2) is 5.04. The molecule has 2 rings (SSSR count). The lowest BCUT2D eigenvalue weighted by Crippen LogP contribution is -2.23. The molecule has 0 saturated heterocycles. The third kappa shape index (κ3) is 2.59. The van der Waals surface area contributed by atoms with Gasteiger partial charge in [0.2, 0.25) is 5.91 Å². The fourth-order valence-electron chi connectivity index (χ4n) is 1.78. The maximum atomic E-state index is 11.6. The molecule has 0 saturated carbocycles. The number of carbonyl (C=O) groups excluding carboxylic acids is 1. The largest absolute Gasteiger partial charge is 0.349 e. The molecule has 0 radical (unpaired) electrons. The first-order valence-corrected chi connectivity index (χ1v) is 5.87. The molecule has 94 valence electrons. The third-order valence-electron chi connectivity index (χ3n) is 2.95. The van der Waals surface area contributed by atoms with Crippen LogP contribution in [0.1, 0.15) is 11.3 Å². The number of likely N-dealkylation sites (N-methyl/N-ethyl adjacent to an activating group) is 1. The smallest absolute Gasteiger partial charge is 0.226 e. The summed E-state index contributed by atoms with van der Waals surface area (Å²) in [5.74, 6) is 0.113. The number of carbonyl (C=O) groups is 1. The van der Waals surface area contributed by atoms with Crippen molar-refractivity contribution >= 4 is 5.91 Å². The van der Waals surface area contributed by atoms with Gasteiger partial charge in [0, 0.05) is 25.4 Å². The van der Waals surface area contributed by atoms with Crippen molar-refractivity contribution in [1.29, 1.82) is 0 Å². The van der Waals surface area contributed by atoms with E-state index in [-0.39, 0.29) is 5.91 Å². The first-order chi connectivity index (χ1) is 8.58. The first-order valence-electron chi connectivity index (χ1n) is 5.87. The van der Waals surface area contributed by atoms with Gasteiger partial charge in [-0.05, 0) is 18.1 Å². The predicted molar refractivity (Wildman–Crippen MR) is 71.2 cm³/mol. The number of aryl methyl sites for hydroxylation is 1. The number of nitrogens with one attached hydrogen (secondary N) is 1. The summed E-state index contributed by atoms with van der Waals surface area (Å²) in [4.78, 5) is 13.2. The van der Waals surface area contributed by atoms with Gasteiger partial charge in [0.05, 0.1) is 12.6 Å². The number of H-pyrrole nitrogens is 1. The lowest BCUT2D eigenvalue weighted by atomic mass is 10.0. The van der Waals surface area contributed by atoms with E-state index in [1.807, 2.05) is 37.4 Å². The fourth-order valence-corrected chi connectivity index (χ4v) is 1.78. The van der Waals surface area contributed by atoms with E-state index in [0.29, 0.717) is 6.42 Å². The van der Waals surface area contributed by atoms with Crippen molar-refractivity contribution in [3.8, 4) is 11.1 Å². The molecule has 0 bridgehead atoms. The lowest BCUT2D eigenvalue weighted by molar-refractivity contribution is -0.127. The van der Waals surface area contributed by atoms with E-state index >= 15 is 0 Å². The summed E-state index contributed by atoms with van der Waals surface area (Å²) in [6, 6.07) is 8.03. The van der Waals surface area contributed by atoms with Gasteiger partial charge < -0.3 is 4.90 Å². The number of hydrogen-bond donors (Lipinski definition) is 1. The highest BCUT2D eigenvalue weighted by Crippen LogP contribution is 2.21. The van der Waals surface area contributed by atoms with Crippen molar-refractivity contribution in [3.05, 3.63) is 41.7 Å². The molecule has 1 amide bonds. The number of rotatable bonds is 3. The van der Waals surface area contributed by atoms with Gasteiger partial charge in [-0.25, -0.2) is 0 Å². The summed E-state index contributed by atoms with van der Waals surface area (Å²) in [6.07, 6.45) is 2.26. The van der Waals surface area contributed by atoms with Gasteiger partial charge in [-0.2, -0.15) is 5.10 Å². The van der Waals surface area contributed by atoms with Crippen LogP contribution in [-0.2, 0) is 11.2 Å². The van der Waals surface area contributed by atoms with Crippen LogP contribution in [0.4, 0.5) is 0 Å². The minimum atomic E-state index is 0.113. The molecule has 0 fully saturated rings. The Morgan fingerprint density at radius 3 is 2.44 bits per heavy atom. The Morgan fingerprint density at radius 1 is 1.28 bits per heavy atom. The molecule has 1 aromatic heterocycles. The van der Waals surface area contributed by atoms with Gasteiger partial charge in [-0.15, -0.1) is 0 Å². The molecule has 0 aliphatic carbocycles. The van der Waals surface area contributed by atoms with Crippen LogP contribution in [0.5, 0.6) is 0 Å². The maximum Gasteiger partial charge on any atom is 0.226 e. The Kier molecular flexibility index (Phi) is 3.46. The number of benzene rings is 1. The maximum absolute atomic E-state index is 11.6. The number of aromatic nitrogens is 2. The summed E-state index contributed by atoms with van der Waals surface area (Å²) < 4.78 is 0. The van der Waals surface area contributed by atoms with Crippen LogP contribution in [0.2, 0.25) is 0 Å². The SMILES string of the molecule is Cc1[nH]ncc1-c1ccc(CC(=O)N(C)C)cc1. The van der Waals surface area contributed by atoms with Crippen LogP contribution in [0.25, 0.3) is 11.1 Å². The number of aromatic amines is 1.